The van der Waals surface area contributed by atoms with E-state index >= 15 is 0 Å². The second-order valence-corrected chi connectivity index (χ2v) is 3.55. The minimum atomic E-state index is -0.506. The maximum Gasteiger partial charge on any atom is 0.123 e. The molecule has 1 aromatic carbocycles. The topological polar surface area (TPSA) is 32.6 Å². The fourth-order valence-electron chi connectivity index (χ4n) is 1.64. The highest BCUT2D eigenvalue weighted by atomic mass is 19.1. The van der Waals surface area contributed by atoms with Crippen molar-refractivity contribution in [2.45, 2.75) is 25.9 Å². The average Bonchev–Trinajstić information content (AvgIpc) is 2.16. The molecule has 1 heterocycles. The fourth-order valence-corrected chi connectivity index (χ4v) is 1.64. The standard InChI is InChI=1S/C11H12FNO/c1-7(14)10-4-2-8-6-9(12)3-5-11(8)13-10/h3,5-7,14H,2,4H2,1H3. The molecule has 0 saturated heterocycles. The summed E-state index contributed by atoms with van der Waals surface area (Å²) in [6, 6.07) is 4.57. The van der Waals surface area contributed by atoms with Crippen LogP contribution in [-0.4, -0.2) is 16.9 Å². The van der Waals surface area contributed by atoms with E-state index < -0.39 is 6.10 Å². The van der Waals surface area contributed by atoms with Gasteiger partial charge in [-0.05, 0) is 43.5 Å². The number of aliphatic hydroxyl groups is 1. The van der Waals surface area contributed by atoms with Crippen molar-refractivity contribution in [2.24, 2.45) is 4.99 Å². The van der Waals surface area contributed by atoms with E-state index in [9.17, 15) is 9.50 Å². The lowest BCUT2D eigenvalue weighted by Crippen LogP contribution is -2.19. The van der Waals surface area contributed by atoms with Crippen molar-refractivity contribution in [2.75, 3.05) is 0 Å². The summed E-state index contributed by atoms with van der Waals surface area (Å²) in [5, 5.41) is 9.35. The molecule has 0 bridgehead atoms. The highest BCUT2D eigenvalue weighted by Crippen LogP contribution is 2.27. The third-order valence-electron chi connectivity index (χ3n) is 2.44. The average molecular weight is 193 g/mol. The zero-order valence-corrected chi connectivity index (χ0v) is 8.00. The lowest BCUT2D eigenvalue weighted by atomic mass is 9.99. The van der Waals surface area contributed by atoms with Crippen LogP contribution in [0.2, 0.25) is 0 Å². The number of fused-ring (bicyclic) bond motifs is 1. The highest BCUT2D eigenvalue weighted by Gasteiger charge is 2.15. The first-order chi connectivity index (χ1) is 6.66. The Morgan fingerprint density at radius 3 is 2.93 bits per heavy atom. The zero-order chi connectivity index (χ0) is 10.1. The molecule has 74 valence electrons. The number of aliphatic hydroxyl groups excluding tert-OH is 1. The number of rotatable bonds is 1. The molecule has 0 aliphatic carbocycles. The molecule has 0 amide bonds. The third kappa shape index (κ3) is 1.68. The van der Waals surface area contributed by atoms with Crippen LogP contribution in [-0.2, 0) is 6.42 Å². The van der Waals surface area contributed by atoms with E-state index in [0.717, 1.165) is 23.4 Å². The summed E-state index contributed by atoms with van der Waals surface area (Å²) in [6.45, 7) is 1.70. The van der Waals surface area contributed by atoms with Gasteiger partial charge in [0.05, 0.1) is 11.8 Å². The Morgan fingerprint density at radius 1 is 1.43 bits per heavy atom. The summed E-state index contributed by atoms with van der Waals surface area (Å²) in [5.41, 5.74) is 2.49. The Kier molecular flexibility index (Phi) is 2.33. The molecule has 1 aliphatic rings. The number of aliphatic imine (C=N–C) groups is 1. The number of aryl methyl sites for hydroxylation is 1. The van der Waals surface area contributed by atoms with Crippen molar-refractivity contribution in [3.05, 3.63) is 29.6 Å². The Balaban J connectivity index is 2.40. The minimum absolute atomic E-state index is 0.223. The van der Waals surface area contributed by atoms with Gasteiger partial charge >= 0.3 is 0 Å². The van der Waals surface area contributed by atoms with Crippen LogP contribution >= 0.6 is 0 Å². The van der Waals surface area contributed by atoms with Crippen molar-refractivity contribution in [1.82, 2.24) is 0 Å². The normalized spacial score (nSPS) is 17.2. The predicted octanol–water partition coefficient (Wildman–Crippen LogP) is 2.23. The zero-order valence-electron chi connectivity index (χ0n) is 8.00. The van der Waals surface area contributed by atoms with E-state index in [-0.39, 0.29) is 5.82 Å². The summed E-state index contributed by atoms with van der Waals surface area (Å²) >= 11 is 0. The number of halogens is 1. The second-order valence-electron chi connectivity index (χ2n) is 3.55. The summed E-state index contributed by atoms with van der Waals surface area (Å²) in [7, 11) is 0. The highest BCUT2D eigenvalue weighted by molar-refractivity contribution is 5.92. The molecule has 1 aromatic rings. The quantitative estimate of drug-likeness (QED) is 0.728. The molecule has 1 atom stereocenters. The SMILES string of the molecule is CC(O)C1=Nc2ccc(F)cc2CC1. The Bertz CT molecular complexity index is 385. The van der Waals surface area contributed by atoms with Gasteiger partial charge in [0.1, 0.15) is 5.82 Å². The Hall–Kier alpha value is -1.22. The van der Waals surface area contributed by atoms with Gasteiger partial charge in [0.2, 0.25) is 0 Å². The Labute approximate surface area is 82.1 Å². The molecule has 2 nitrogen and oxygen atoms in total. The van der Waals surface area contributed by atoms with Gasteiger partial charge in [-0.15, -0.1) is 0 Å². The van der Waals surface area contributed by atoms with Crippen LogP contribution in [0.15, 0.2) is 23.2 Å². The van der Waals surface area contributed by atoms with Crippen LogP contribution in [0.5, 0.6) is 0 Å². The van der Waals surface area contributed by atoms with E-state index in [4.69, 9.17) is 0 Å². The molecular weight excluding hydrogens is 181 g/mol. The van der Waals surface area contributed by atoms with Crippen LogP contribution in [0.4, 0.5) is 10.1 Å². The molecule has 1 N–H and O–H groups in total. The van der Waals surface area contributed by atoms with Crippen LogP contribution in [0.1, 0.15) is 18.9 Å². The third-order valence-corrected chi connectivity index (χ3v) is 2.44. The van der Waals surface area contributed by atoms with E-state index in [1.807, 2.05) is 0 Å². The first-order valence-electron chi connectivity index (χ1n) is 4.71. The lowest BCUT2D eigenvalue weighted by Gasteiger charge is -2.16. The summed E-state index contributed by atoms with van der Waals surface area (Å²) in [5.74, 6) is -0.223. The molecule has 0 aromatic heterocycles. The summed E-state index contributed by atoms with van der Waals surface area (Å²) in [6.07, 6.45) is 0.971. The fraction of sp³-hybridized carbons (Fsp3) is 0.364. The van der Waals surface area contributed by atoms with Gasteiger partial charge in [-0.2, -0.15) is 0 Å². The number of hydrogen-bond acceptors (Lipinski definition) is 2. The first-order valence-corrected chi connectivity index (χ1v) is 4.71. The van der Waals surface area contributed by atoms with E-state index in [1.54, 1.807) is 13.0 Å². The second kappa shape index (κ2) is 3.50. The van der Waals surface area contributed by atoms with E-state index in [2.05, 4.69) is 4.99 Å². The van der Waals surface area contributed by atoms with Gasteiger partial charge in [-0.3, -0.25) is 4.99 Å². The number of nitrogens with zero attached hydrogens (tertiary/aromatic N) is 1. The van der Waals surface area contributed by atoms with Gasteiger partial charge in [-0.1, -0.05) is 0 Å². The predicted molar refractivity (Wildman–Crippen MR) is 53.5 cm³/mol. The van der Waals surface area contributed by atoms with Crippen LogP contribution < -0.4 is 0 Å². The van der Waals surface area contributed by atoms with Gasteiger partial charge in [0.25, 0.3) is 0 Å². The maximum absolute atomic E-state index is 12.9. The molecule has 1 unspecified atom stereocenters. The van der Waals surface area contributed by atoms with Crippen molar-refractivity contribution >= 4 is 11.4 Å². The summed E-state index contributed by atoms with van der Waals surface area (Å²) < 4.78 is 12.9. The lowest BCUT2D eigenvalue weighted by molar-refractivity contribution is 0.259. The van der Waals surface area contributed by atoms with Crippen molar-refractivity contribution in [1.29, 1.82) is 0 Å². The molecule has 0 spiro atoms. The molecule has 3 heteroatoms. The Morgan fingerprint density at radius 2 is 2.21 bits per heavy atom. The van der Waals surface area contributed by atoms with E-state index in [0.29, 0.717) is 6.42 Å². The van der Waals surface area contributed by atoms with Crippen molar-refractivity contribution in [3.8, 4) is 0 Å². The van der Waals surface area contributed by atoms with Crippen LogP contribution in [0.25, 0.3) is 0 Å². The molecule has 0 fully saturated rings. The maximum atomic E-state index is 12.9. The minimum Gasteiger partial charge on any atom is -0.387 e. The summed E-state index contributed by atoms with van der Waals surface area (Å²) in [4.78, 5) is 4.29. The molecule has 2 rings (SSSR count). The van der Waals surface area contributed by atoms with Crippen LogP contribution in [0.3, 0.4) is 0 Å². The van der Waals surface area contributed by atoms with Gasteiger partial charge in [-0.25, -0.2) is 4.39 Å². The van der Waals surface area contributed by atoms with Crippen molar-refractivity contribution < 1.29 is 9.50 Å². The molecule has 1 aliphatic heterocycles. The number of benzene rings is 1. The molecular formula is C11H12FNO. The monoisotopic (exact) mass is 193 g/mol. The van der Waals surface area contributed by atoms with Gasteiger partial charge in [0, 0.05) is 5.71 Å². The molecule has 14 heavy (non-hydrogen) atoms. The molecule has 0 saturated carbocycles. The van der Waals surface area contributed by atoms with Gasteiger partial charge in [0.15, 0.2) is 0 Å². The van der Waals surface area contributed by atoms with E-state index in [1.165, 1.54) is 12.1 Å². The van der Waals surface area contributed by atoms with Crippen LogP contribution in [0, 0.1) is 5.82 Å². The largest absolute Gasteiger partial charge is 0.387 e. The smallest absolute Gasteiger partial charge is 0.123 e. The van der Waals surface area contributed by atoms with Gasteiger partial charge < -0.3 is 5.11 Å². The first kappa shape index (κ1) is 9.34. The van der Waals surface area contributed by atoms with Crippen molar-refractivity contribution in [3.63, 3.8) is 0 Å². The molecule has 0 radical (unpaired) electrons. The number of hydrogen-bond donors (Lipinski definition) is 1.